The van der Waals surface area contributed by atoms with Crippen molar-refractivity contribution < 1.29 is 15.0 Å². The number of benzene rings is 1. The van der Waals surface area contributed by atoms with Gasteiger partial charge in [0, 0.05) is 13.0 Å². The first-order valence-electron chi connectivity index (χ1n) is 14.4. The lowest BCUT2D eigenvalue weighted by atomic mass is 10.0. The minimum Gasteiger partial charge on any atom is -0.504 e. The smallest absolute Gasteiger partial charge is 0.220 e. The zero-order valence-electron chi connectivity index (χ0n) is 22.1. The van der Waals surface area contributed by atoms with E-state index in [9.17, 15) is 15.0 Å². The van der Waals surface area contributed by atoms with Crippen LogP contribution in [-0.2, 0) is 11.2 Å². The molecular formula is C30H53NO3. The van der Waals surface area contributed by atoms with E-state index >= 15 is 0 Å². The van der Waals surface area contributed by atoms with Crippen molar-refractivity contribution in [3.05, 3.63) is 23.8 Å². The second-order valence-electron chi connectivity index (χ2n) is 10.0. The molecule has 1 rings (SSSR count). The van der Waals surface area contributed by atoms with Gasteiger partial charge < -0.3 is 15.5 Å². The number of rotatable bonds is 23. The van der Waals surface area contributed by atoms with Crippen molar-refractivity contribution in [3.63, 3.8) is 0 Å². The number of phenols is 2. The third-order valence-corrected chi connectivity index (χ3v) is 6.78. The fourth-order valence-electron chi connectivity index (χ4n) is 4.52. The predicted molar refractivity (Wildman–Crippen MR) is 144 cm³/mol. The van der Waals surface area contributed by atoms with Crippen molar-refractivity contribution >= 4 is 5.91 Å². The van der Waals surface area contributed by atoms with Crippen LogP contribution in [-0.4, -0.2) is 22.7 Å². The minimum atomic E-state index is -0.114. The van der Waals surface area contributed by atoms with Crippen LogP contribution < -0.4 is 5.32 Å². The zero-order chi connectivity index (χ0) is 24.7. The lowest BCUT2D eigenvalue weighted by Gasteiger charge is -2.07. The Labute approximate surface area is 209 Å². The third kappa shape index (κ3) is 17.7. The second-order valence-corrected chi connectivity index (χ2v) is 10.0. The zero-order valence-corrected chi connectivity index (χ0v) is 22.1. The van der Waals surface area contributed by atoms with E-state index in [2.05, 4.69) is 12.2 Å². The third-order valence-electron chi connectivity index (χ3n) is 6.78. The van der Waals surface area contributed by atoms with Gasteiger partial charge in [0.15, 0.2) is 11.5 Å². The highest BCUT2D eigenvalue weighted by atomic mass is 16.3. The maximum atomic E-state index is 11.9. The monoisotopic (exact) mass is 475 g/mol. The molecule has 1 aromatic carbocycles. The molecule has 0 saturated heterocycles. The number of nitrogens with one attached hydrogen (secondary N) is 1. The first-order chi connectivity index (χ1) is 16.6. The Morgan fingerprint density at radius 3 is 1.53 bits per heavy atom. The number of phenolic OH excluding ortho intramolecular Hbond substituents is 2. The molecule has 0 aliphatic heterocycles. The van der Waals surface area contributed by atoms with Crippen LogP contribution in [0.4, 0.5) is 0 Å². The van der Waals surface area contributed by atoms with Crippen molar-refractivity contribution in [1.29, 1.82) is 0 Å². The topological polar surface area (TPSA) is 69.6 Å². The van der Waals surface area contributed by atoms with Crippen LogP contribution in [0.3, 0.4) is 0 Å². The highest BCUT2D eigenvalue weighted by Gasteiger charge is 2.03. The Bertz CT molecular complexity index is 617. The lowest BCUT2D eigenvalue weighted by Crippen LogP contribution is -2.25. The Hall–Kier alpha value is -1.71. The summed E-state index contributed by atoms with van der Waals surface area (Å²) in [5, 5.41) is 21.8. The molecule has 0 fully saturated rings. The largest absolute Gasteiger partial charge is 0.504 e. The number of carbonyl (C=O) groups is 1. The van der Waals surface area contributed by atoms with E-state index in [1.807, 2.05) is 0 Å². The Balaban J connectivity index is 1.77. The molecule has 4 nitrogen and oxygen atoms in total. The first kappa shape index (κ1) is 30.3. The maximum Gasteiger partial charge on any atom is 0.220 e. The molecule has 0 aromatic heterocycles. The van der Waals surface area contributed by atoms with Gasteiger partial charge in [-0.15, -0.1) is 0 Å². The Morgan fingerprint density at radius 1 is 0.647 bits per heavy atom. The Morgan fingerprint density at radius 2 is 1.09 bits per heavy atom. The van der Waals surface area contributed by atoms with Gasteiger partial charge in [0.1, 0.15) is 0 Å². The molecule has 0 unspecified atom stereocenters. The van der Waals surface area contributed by atoms with Gasteiger partial charge in [-0.1, -0.05) is 129 Å². The summed E-state index contributed by atoms with van der Waals surface area (Å²) >= 11 is 0. The summed E-state index contributed by atoms with van der Waals surface area (Å²) in [6.07, 6.45) is 27.1. The van der Waals surface area contributed by atoms with E-state index in [0.29, 0.717) is 19.4 Å². The van der Waals surface area contributed by atoms with E-state index in [0.717, 1.165) is 18.4 Å². The number of hydrogen-bond acceptors (Lipinski definition) is 3. The molecule has 0 aliphatic rings. The molecule has 1 aromatic rings. The highest BCUT2D eigenvalue weighted by molar-refractivity contribution is 5.75. The van der Waals surface area contributed by atoms with Gasteiger partial charge in [-0.3, -0.25) is 4.79 Å². The van der Waals surface area contributed by atoms with Gasteiger partial charge in [-0.25, -0.2) is 0 Å². The van der Waals surface area contributed by atoms with Gasteiger partial charge in [0.2, 0.25) is 5.91 Å². The summed E-state index contributed by atoms with van der Waals surface area (Å²) in [7, 11) is 0. The van der Waals surface area contributed by atoms with Crippen molar-refractivity contribution in [1.82, 2.24) is 5.32 Å². The van der Waals surface area contributed by atoms with E-state index in [1.165, 1.54) is 115 Å². The average Bonchev–Trinajstić information content (AvgIpc) is 2.83. The van der Waals surface area contributed by atoms with E-state index in [1.54, 1.807) is 12.1 Å². The van der Waals surface area contributed by atoms with Gasteiger partial charge in [0.25, 0.3) is 0 Å². The molecule has 0 atom stereocenters. The number of unbranched alkanes of at least 4 members (excludes halogenated alkanes) is 18. The molecule has 1 amide bonds. The van der Waals surface area contributed by atoms with Crippen LogP contribution in [0, 0.1) is 0 Å². The van der Waals surface area contributed by atoms with E-state index in [4.69, 9.17) is 0 Å². The molecule has 0 saturated carbocycles. The van der Waals surface area contributed by atoms with Crippen LogP contribution in [0.2, 0.25) is 0 Å². The number of amides is 1. The molecule has 0 aliphatic carbocycles. The molecule has 0 spiro atoms. The molecule has 3 N–H and O–H groups in total. The van der Waals surface area contributed by atoms with Crippen molar-refractivity contribution in [3.8, 4) is 11.5 Å². The lowest BCUT2D eigenvalue weighted by molar-refractivity contribution is -0.121. The molecule has 0 bridgehead atoms. The SMILES string of the molecule is CCCCCCCCCCCCCCCCCCCCCC(=O)NCCc1ccc(O)c(O)c1. The van der Waals surface area contributed by atoms with Crippen LogP contribution in [0.5, 0.6) is 11.5 Å². The van der Waals surface area contributed by atoms with Gasteiger partial charge >= 0.3 is 0 Å². The second kappa shape index (κ2) is 21.8. The van der Waals surface area contributed by atoms with Crippen LogP contribution in [0.15, 0.2) is 18.2 Å². The van der Waals surface area contributed by atoms with Gasteiger partial charge in [0.05, 0.1) is 0 Å². The minimum absolute atomic E-state index is 0.106. The van der Waals surface area contributed by atoms with Gasteiger partial charge in [-0.2, -0.15) is 0 Å². The molecule has 0 radical (unpaired) electrons. The Kier molecular flexibility index (Phi) is 19.4. The highest BCUT2D eigenvalue weighted by Crippen LogP contribution is 2.24. The van der Waals surface area contributed by atoms with Crippen molar-refractivity contribution in [2.24, 2.45) is 0 Å². The normalized spacial score (nSPS) is 11.1. The van der Waals surface area contributed by atoms with Crippen molar-refractivity contribution in [2.75, 3.05) is 6.54 Å². The molecule has 4 heteroatoms. The average molecular weight is 476 g/mol. The molecule has 196 valence electrons. The summed E-state index contributed by atoms with van der Waals surface area (Å²) in [5.74, 6) is -0.120. The number of aromatic hydroxyl groups is 2. The summed E-state index contributed by atoms with van der Waals surface area (Å²) in [4.78, 5) is 11.9. The fourth-order valence-corrected chi connectivity index (χ4v) is 4.52. The maximum absolute atomic E-state index is 11.9. The summed E-state index contributed by atoms with van der Waals surface area (Å²) in [5.41, 5.74) is 0.902. The van der Waals surface area contributed by atoms with Crippen LogP contribution >= 0.6 is 0 Å². The fraction of sp³-hybridized carbons (Fsp3) is 0.767. The summed E-state index contributed by atoms with van der Waals surface area (Å²) in [6, 6.07) is 4.78. The first-order valence-corrected chi connectivity index (χ1v) is 14.4. The number of carbonyl (C=O) groups excluding carboxylic acids is 1. The van der Waals surface area contributed by atoms with Gasteiger partial charge in [-0.05, 0) is 30.5 Å². The molecule has 0 heterocycles. The van der Waals surface area contributed by atoms with Crippen molar-refractivity contribution in [2.45, 2.75) is 142 Å². The van der Waals surface area contributed by atoms with Crippen LogP contribution in [0.25, 0.3) is 0 Å². The summed E-state index contributed by atoms with van der Waals surface area (Å²) < 4.78 is 0. The molecular weight excluding hydrogens is 422 g/mol. The van der Waals surface area contributed by atoms with E-state index in [-0.39, 0.29) is 17.4 Å². The molecule has 34 heavy (non-hydrogen) atoms. The quantitative estimate of drug-likeness (QED) is 0.110. The van der Waals surface area contributed by atoms with Crippen LogP contribution in [0.1, 0.15) is 141 Å². The van der Waals surface area contributed by atoms with E-state index < -0.39 is 0 Å². The summed E-state index contributed by atoms with van der Waals surface area (Å²) in [6.45, 7) is 2.84. The number of hydrogen-bond donors (Lipinski definition) is 3. The standard InChI is InChI=1S/C30H53NO3/c1-2-3-4-5-6-7-8-9-10-11-12-13-14-15-16-17-18-19-20-21-30(34)31-25-24-27-22-23-28(32)29(33)26-27/h22-23,26,32-33H,2-21,24-25H2,1H3,(H,31,34). The predicted octanol–water partition coefficient (Wildman–Crippen LogP) is 8.58.